The van der Waals surface area contributed by atoms with Crippen LogP contribution in [0.4, 0.5) is 0 Å². The summed E-state index contributed by atoms with van der Waals surface area (Å²) in [6.45, 7) is 1.24. The summed E-state index contributed by atoms with van der Waals surface area (Å²) < 4.78 is 8.78. The van der Waals surface area contributed by atoms with Gasteiger partial charge in [0, 0.05) is 13.2 Å². The molecule has 2 rings (SSSR count). The van der Waals surface area contributed by atoms with Crippen LogP contribution in [0.25, 0.3) is 0 Å². The van der Waals surface area contributed by atoms with E-state index in [4.69, 9.17) is 44.0 Å². The van der Waals surface area contributed by atoms with Crippen molar-refractivity contribution in [3.05, 3.63) is 24.2 Å². The van der Waals surface area contributed by atoms with Crippen LogP contribution in [-0.2, 0) is 4.74 Å². The van der Waals surface area contributed by atoms with Crippen LogP contribution in [0.15, 0.2) is 22.8 Å². The molecule has 1 amide bonds. The highest BCUT2D eigenvalue weighted by Gasteiger charge is 2.35. The number of hydrogen-bond acceptors (Lipinski definition) is 4. The number of furan rings is 1. The van der Waals surface area contributed by atoms with E-state index in [1.807, 2.05) is 0 Å². The number of nitrogens with one attached hydrogen (secondary N) is 2. The number of alkyl halides is 3. The molecule has 0 aliphatic carbocycles. The third-order valence-electron chi connectivity index (χ3n) is 2.92. The Morgan fingerprint density at radius 1 is 1.50 bits per heavy atom. The minimum Gasteiger partial charge on any atom is -0.459 e. The van der Waals surface area contributed by atoms with E-state index >= 15 is 0 Å². The first-order valence-electron chi connectivity index (χ1n) is 6.23. The molecule has 1 aromatic heterocycles. The number of carbonyl (C=O) groups is 1. The van der Waals surface area contributed by atoms with Gasteiger partial charge in [-0.3, -0.25) is 10.1 Å². The molecule has 1 aliphatic heterocycles. The van der Waals surface area contributed by atoms with Crippen molar-refractivity contribution < 1.29 is 13.9 Å². The van der Waals surface area contributed by atoms with Gasteiger partial charge < -0.3 is 14.5 Å². The maximum Gasteiger partial charge on any atom is 0.288 e. The summed E-state index contributed by atoms with van der Waals surface area (Å²) in [5.41, 5.74) is 0. The zero-order chi connectivity index (χ0) is 14.6. The van der Waals surface area contributed by atoms with Crippen molar-refractivity contribution in [2.24, 2.45) is 0 Å². The van der Waals surface area contributed by atoms with Crippen LogP contribution >= 0.6 is 34.8 Å². The Balaban J connectivity index is 1.91. The molecule has 0 bridgehead atoms. The summed E-state index contributed by atoms with van der Waals surface area (Å²) >= 11 is 17.6. The van der Waals surface area contributed by atoms with Crippen molar-refractivity contribution in [2.75, 3.05) is 13.2 Å². The fourth-order valence-electron chi connectivity index (χ4n) is 1.91. The summed E-state index contributed by atoms with van der Waals surface area (Å²) in [4.78, 5) is 11.9. The number of rotatable bonds is 5. The van der Waals surface area contributed by atoms with Crippen LogP contribution < -0.4 is 10.6 Å². The van der Waals surface area contributed by atoms with Crippen LogP contribution in [0.5, 0.6) is 0 Å². The molecule has 2 atom stereocenters. The van der Waals surface area contributed by atoms with Gasteiger partial charge in [-0.2, -0.15) is 0 Å². The van der Waals surface area contributed by atoms with E-state index in [1.165, 1.54) is 12.3 Å². The Kier molecular flexibility index (Phi) is 5.57. The van der Waals surface area contributed by atoms with Gasteiger partial charge >= 0.3 is 0 Å². The molecule has 1 aromatic rings. The third kappa shape index (κ3) is 4.53. The molecule has 112 valence electrons. The Morgan fingerprint density at radius 2 is 2.30 bits per heavy atom. The maximum atomic E-state index is 11.9. The Labute approximate surface area is 131 Å². The normalized spacial score (nSPS) is 20.9. The van der Waals surface area contributed by atoms with E-state index in [1.54, 1.807) is 6.07 Å². The standard InChI is InChI=1S/C12H15Cl3N2O3/c13-12(14,15)11(16-7-8-3-1-5-19-8)17-10(18)9-4-2-6-20-9/h2,4,6,8,11,16H,1,3,5,7H2,(H,17,18)/t8-,11-/m1/s1. The molecule has 2 heterocycles. The zero-order valence-corrected chi connectivity index (χ0v) is 12.8. The molecule has 0 unspecified atom stereocenters. The van der Waals surface area contributed by atoms with Gasteiger partial charge in [0.2, 0.25) is 3.79 Å². The number of hydrogen-bond donors (Lipinski definition) is 2. The Hall–Kier alpha value is -0.460. The Bertz CT molecular complexity index is 428. The van der Waals surface area contributed by atoms with Gasteiger partial charge in [0.25, 0.3) is 5.91 Å². The van der Waals surface area contributed by atoms with Gasteiger partial charge in [-0.1, -0.05) is 34.8 Å². The van der Waals surface area contributed by atoms with Crippen molar-refractivity contribution in [3.63, 3.8) is 0 Å². The minimum absolute atomic E-state index is 0.0744. The average molecular weight is 342 g/mol. The molecule has 0 saturated carbocycles. The van der Waals surface area contributed by atoms with Crippen LogP contribution in [-0.4, -0.2) is 35.1 Å². The summed E-state index contributed by atoms with van der Waals surface area (Å²) in [6, 6.07) is 3.14. The molecule has 0 aromatic carbocycles. The monoisotopic (exact) mass is 340 g/mol. The Morgan fingerprint density at radius 3 is 2.85 bits per heavy atom. The van der Waals surface area contributed by atoms with Crippen LogP contribution in [0.1, 0.15) is 23.4 Å². The highest BCUT2D eigenvalue weighted by Crippen LogP contribution is 2.29. The lowest BCUT2D eigenvalue weighted by Crippen LogP contribution is -2.54. The second-order valence-corrected chi connectivity index (χ2v) is 6.84. The summed E-state index contributed by atoms with van der Waals surface area (Å²) in [5, 5.41) is 5.59. The van der Waals surface area contributed by atoms with Crippen molar-refractivity contribution in [3.8, 4) is 0 Å². The molecule has 1 saturated heterocycles. The third-order valence-corrected chi connectivity index (χ3v) is 3.58. The second kappa shape index (κ2) is 7.00. The van der Waals surface area contributed by atoms with Crippen LogP contribution in [0, 0.1) is 0 Å². The first-order valence-corrected chi connectivity index (χ1v) is 7.36. The average Bonchev–Trinajstić information content (AvgIpc) is 3.04. The van der Waals surface area contributed by atoms with Crippen molar-refractivity contribution in [1.29, 1.82) is 0 Å². The molecule has 5 nitrogen and oxygen atoms in total. The highest BCUT2D eigenvalue weighted by molar-refractivity contribution is 6.68. The van der Waals surface area contributed by atoms with Crippen molar-refractivity contribution >= 4 is 40.7 Å². The summed E-state index contributed by atoms with van der Waals surface area (Å²) in [7, 11) is 0. The van der Waals surface area contributed by atoms with Crippen LogP contribution in [0.3, 0.4) is 0 Å². The van der Waals surface area contributed by atoms with E-state index in [0.29, 0.717) is 6.54 Å². The zero-order valence-electron chi connectivity index (χ0n) is 10.6. The van der Waals surface area contributed by atoms with Gasteiger partial charge in [0.1, 0.15) is 6.17 Å². The van der Waals surface area contributed by atoms with E-state index in [2.05, 4.69) is 10.6 Å². The maximum absolute atomic E-state index is 11.9. The number of ether oxygens (including phenoxy) is 1. The van der Waals surface area contributed by atoms with Crippen LogP contribution in [0.2, 0.25) is 0 Å². The lowest BCUT2D eigenvalue weighted by atomic mass is 10.2. The van der Waals surface area contributed by atoms with Gasteiger partial charge in [-0.25, -0.2) is 0 Å². The topological polar surface area (TPSA) is 63.5 Å². The molecular formula is C12H15Cl3N2O3. The smallest absolute Gasteiger partial charge is 0.288 e. The van der Waals surface area contributed by atoms with E-state index in [-0.39, 0.29) is 11.9 Å². The highest BCUT2D eigenvalue weighted by atomic mass is 35.6. The van der Waals surface area contributed by atoms with Crippen molar-refractivity contribution in [1.82, 2.24) is 10.6 Å². The number of amides is 1. The van der Waals surface area contributed by atoms with E-state index in [0.717, 1.165) is 19.4 Å². The fourth-order valence-corrected chi connectivity index (χ4v) is 2.31. The molecule has 20 heavy (non-hydrogen) atoms. The molecule has 2 N–H and O–H groups in total. The van der Waals surface area contributed by atoms with Gasteiger partial charge in [-0.05, 0) is 25.0 Å². The quantitative estimate of drug-likeness (QED) is 0.638. The van der Waals surface area contributed by atoms with E-state index < -0.39 is 15.9 Å². The predicted molar refractivity (Wildman–Crippen MR) is 77.2 cm³/mol. The molecular weight excluding hydrogens is 327 g/mol. The first kappa shape index (κ1) is 15.9. The van der Waals surface area contributed by atoms with E-state index in [9.17, 15) is 4.79 Å². The van der Waals surface area contributed by atoms with Gasteiger partial charge in [0.15, 0.2) is 5.76 Å². The number of halogens is 3. The predicted octanol–water partition coefficient (Wildman–Crippen LogP) is 2.47. The van der Waals surface area contributed by atoms with Crippen molar-refractivity contribution in [2.45, 2.75) is 28.9 Å². The number of carbonyl (C=O) groups excluding carboxylic acids is 1. The molecule has 8 heteroatoms. The molecule has 1 fully saturated rings. The molecule has 0 spiro atoms. The van der Waals surface area contributed by atoms with Gasteiger partial charge in [-0.15, -0.1) is 0 Å². The summed E-state index contributed by atoms with van der Waals surface area (Å²) in [6.07, 6.45) is 2.61. The SMILES string of the molecule is O=C(N[C@@H](NC[C@H]1CCCO1)C(Cl)(Cl)Cl)c1ccco1. The fraction of sp³-hybridized carbons (Fsp3) is 0.583. The first-order chi connectivity index (χ1) is 9.47. The van der Waals surface area contributed by atoms with Gasteiger partial charge in [0.05, 0.1) is 12.4 Å². The minimum atomic E-state index is -1.68. The lowest BCUT2D eigenvalue weighted by molar-refractivity contribution is 0.0872. The molecule has 1 aliphatic rings. The largest absolute Gasteiger partial charge is 0.459 e. The molecule has 0 radical (unpaired) electrons. The second-order valence-electron chi connectivity index (χ2n) is 4.47. The summed E-state index contributed by atoms with van der Waals surface area (Å²) in [5.74, 6) is -0.297. The lowest BCUT2D eigenvalue weighted by Gasteiger charge is -2.27.